The van der Waals surface area contributed by atoms with Crippen LogP contribution in [-0.4, -0.2) is 49.3 Å². The Labute approximate surface area is 403 Å². The second kappa shape index (κ2) is 52.4. The van der Waals surface area contributed by atoms with Gasteiger partial charge in [-0.25, -0.2) is 4.57 Å². The lowest BCUT2D eigenvalue weighted by molar-refractivity contribution is -0.161. The summed E-state index contributed by atoms with van der Waals surface area (Å²) in [7, 11) is -4.37. The zero-order chi connectivity index (χ0) is 47.4. The van der Waals surface area contributed by atoms with E-state index in [0.29, 0.717) is 6.42 Å². The first-order chi connectivity index (χ1) is 31.8. The van der Waals surface area contributed by atoms with Crippen molar-refractivity contribution in [2.75, 3.05) is 26.4 Å². The van der Waals surface area contributed by atoms with Crippen molar-refractivity contribution in [2.24, 2.45) is 5.73 Å². The molecule has 0 aromatic rings. The van der Waals surface area contributed by atoms with Crippen molar-refractivity contribution in [1.82, 2.24) is 0 Å². The standard InChI is InChI=1S/C55H110NO8P/c1-3-5-7-9-11-13-15-17-18-19-20-21-22-23-24-25-26-27-28-29-30-31-32-33-34-35-36-38-40-42-44-46-48-55(58)64-53(52-63-65(59,60)62-50-49-56)51-61-54(57)47-45-43-41-39-37-16-14-12-10-8-6-4-2/h53H,3-52,56H2,1-2H3,(H,59,60). The molecule has 0 heterocycles. The van der Waals surface area contributed by atoms with Crippen molar-refractivity contribution in [3.05, 3.63) is 0 Å². The van der Waals surface area contributed by atoms with Crippen LogP contribution in [0.3, 0.4) is 0 Å². The Morgan fingerprint density at radius 2 is 0.662 bits per heavy atom. The normalized spacial score (nSPS) is 13.0. The number of carbonyl (C=O) groups is 2. The summed E-state index contributed by atoms with van der Waals surface area (Å²) in [5.41, 5.74) is 5.37. The van der Waals surface area contributed by atoms with Gasteiger partial charge in [-0.1, -0.05) is 284 Å². The third-order valence-corrected chi connectivity index (χ3v) is 14.0. The van der Waals surface area contributed by atoms with E-state index in [1.54, 1.807) is 0 Å². The second-order valence-electron chi connectivity index (χ2n) is 19.5. The molecule has 0 rings (SSSR count). The van der Waals surface area contributed by atoms with Crippen molar-refractivity contribution in [3.63, 3.8) is 0 Å². The van der Waals surface area contributed by atoms with Gasteiger partial charge in [-0.15, -0.1) is 0 Å². The van der Waals surface area contributed by atoms with Gasteiger partial charge in [0.2, 0.25) is 0 Å². The highest BCUT2D eigenvalue weighted by atomic mass is 31.2. The van der Waals surface area contributed by atoms with Gasteiger partial charge in [-0.2, -0.15) is 0 Å². The molecule has 2 atom stereocenters. The lowest BCUT2D eigenvalue weighted by Gasteiger charge is -2.19. The molecule has 2 unspecified atom stereocenters. The molecule has 10 heteroatoms. The lowest BCUT2D eigenvalue weighted by atomic mass is 10.0. The van der Waals surface area contributed by atoms with Crippen LogP contribution in [0.2, 0.25) is 0 Å². The molecule has 9 nitrogen and oxygen atoms in total. The van der Waals surface area contributed by atoms with Gasteiger partial charge in [0, 0.05) is 19.4 Å². The summed E-state index contributed by atoms with van der Waals surface area (Å²) in [5, 5.41) is 0. The highest BCUT2D eigenvalue weighted by Crippen LogP contribution is 2.43. The maximum atomic E-state index is 12.7. The van der Waals surface area contributed by atoms with Crippen LogP contribution in [0.5, 0.6) is 0 Å². The van der Waals surface area contributed by atoms with E-state index in [2.05, 4.69) is 13.8 Å². The van der Waals surface area contributed by atoms with E-state index in [0.717, 1.165) is 32.1 Å². The highest BCUT2D eigenvalue weighted by molar-refractivity contribution is 7.47. The average molecular weight is 944 g/mol. The molecule has 0 saturated heterocycles. The van der Waals surface area contributed by atoms with Crippen LogP contribution in [0.4, 0.5) is 0 Å². The quantitative estimate of drug-likeness (QED) is 0.0347. The molecule has 0 fully saturated rings. The minimum absolute atomic E-state index is 0.0583. The Bertz CT molecular complexity index is 1030. The Morgan fingerprint density at radius 1 is 0.400 bits per heavy atom. The summed E-state index contributed by atoms with van der Waals surface area (Å²) >= 11 is 0. The number of unbranched alkanes of at least 4 members (excludes halogenated alkanes) is 42. The molecule has 0 spiro atoms. The van der Waals surface area contributed by atoms with Crippen LogP contribution in [-0.2, 0) is 32.7 Å². The van der Waals surface area contributed by atoms with Gasteiger partial charge in [0.15, 0.2) is 6.10 Å². The van der Waals surface area contributed by atoms with E-state index in [4.69, 9.17) is 24.3 Å². The van der Waals surface area contributed by atoms with Gasteiger partial charge in [0.25, 0.3) is 0 Å². The van der Waals surface area contributed by atoms with Gasteiger partial charge in [0.1, 0.15) is 6.61 Å². The average Bonchev–Trinajstić information content (AvgIpc) is 3.30. The summed E-state index contributed by atoms with van der Waals surface area (Å²) in [6.07, 6.45) is 57.5. The van der Waals surface area contributed by atoms with Crippen molar-refractivity contribution < 1.29 is 37.6 Å². The van der Waals surface area contributed by atoms with Crippen LogP contribution in [0.25, 0.3) is 0 Å². The summed E-state index contributed by atoms with van der Waals surface area (Å²) in [5.74, 6) is -0.808. The largest absolute Gasteiger partial charge is 0.472 e. The maximum Gasteiger partial charge on any atom is 0.472 e. The number of phosphoric acid groups is 1. The van der Waals surface area contributed by atoms with E-state index in [1.807, 2.05) is 0 Å². The molecule has 65 heavy (non-hydrogen) atoms. The number of carbonyl (C=O) groups excluding carboxylic acids is 2. The number of hydrogen-bond donors (Lipinski definition) is 2. The molecule has 0 aromatic carbocycles. The number of phosphoric ester groups is 1. The van der Waals surface area contributed by atoms with Gasteiger partial charge >= 0.3 is 19.8 Å². The maximum absolute atomic E-state index is 12.7. The van der Waals surface area contributed by atoms with E-state index in [9.17, 15) is 19.0 Å². The fourth-order valence-corrected chi connectivity index (χ4v) is 9.52. The highest BCUT2D eigenvalue weighted by Gasteiger charge is 2.26. The minimum atomic E-state index is -4.37. The number of hydrogen-bond acceptors (Lipinski definition) is 8. The van der Waals surface area contributed by atoms with Gasteiger partial charge in [-0.05, 0) is 12.8 Å². The Hall–Kier alpha value is -0.990. The van der Waals surface area contributed by atoms with E-state index in [1.165, 1.54) is 244 Å². The first-order valence-corrected chi connectivity index (χ1v) is 30.0. The van der Waals surface area contributed by atoms with Crippen molar-refractivity contribution in [3.8, 4) is 0 Å². The molecular weight excluding hydrogens is 834 g/mol. The third kappa shape index (κ3) is 52.2. The van der Waals surface area contributed by atoms with Crippen LogP contribution in [0.15, 0.2) is 0 Å². The predicted molar refractivity (Wildman–Crippen MR) is 275 cm³/mol. The molecule has 388 valence electrons. The van der Waals surface area contributed by atoms with Crippen LogP contribution < -0.4 is 5.73 Å². The van der Waals surface area contributed by atoms with Crippen molar-refractivity contribution in [2.45, 2.75) is 315 Å². The zero-order valence-corrected chi connectivity index (χ0v) is 44.2. The van der Waals surface area contributed by atoms with Gasteiger partial charge < -0.3 is 20.1 Å². The summed E-state index contributed by atoms with van der Waals surface area (Å²) in [6, 6.07) is 0. The predicted octanol–water partition coefficient (Wildman–Crippen LogP) is 17.5. The van der Waals surface area contributed by atoms with E-state index in [-0.39, 0.29) is 38.6 Å². The summed E-state index contributed by atoms with van der Waals surface area (Å²) in [6.45, 7) is 3.80. The number of rotatable bonds is 55. The van der Waals surface area contributed by atoms with Gasteiger partial charge in [-0.3, -0.25) is 18.6 Å². The molecule has 0 bridgehead atoms. The number of nitrogens with two attached hydrogens (primary N) is 1. The lowest BCUT2D eigenvalue weighted by Crippen LogP contribution is -2.29. The molecule has 0 aliphatic carbocycles. The Morgan fingerprint density at radius 3 is 0.938 bits per heavy atom. The molecule has 0 radical (unpaired) electrons. The smallest absolute Gasteiger partial charge is 0.462 e. The SMILES string of the molecule is CCCCCCCCCCCCCCCCCCCCCCCCCCCCCCCCCCC(=O)OC(COC(=O)CCCCCCCCCCCCCC)COP(=O)(O)OCCN. The van der Waals surface area contributed by atoms with Crippen LogP contribution in [0, 0.1) is 0 Å². The first kappa shape index (κ1) is 64.0. The monoisotopic (exact) mass is 944 g/mol. The van der Waals surface area contributed by atoms with E-state index < -0.39 is 26.5 Å². The fourth-order valence-electron chi connectivity index (χ4n) is 8.76. The fraction of sp³-hybridized carbons (Fsp3) is 0.964. The Kier molecular flexibility index (Phi) is 51.6. The summed E-state index contributed by atoms with van der Waals surface area (Å²) < 4.78 is 32.9. The van der Waals surface area contributed by atoms with Crippen LogP contribution in [0.1, 0.15) is 309 Å². The zero-order valence-electron chi connectivity index (χ0n) is 43.3. The van der Waals surface area contributed by atoms with Crippen molar-refractivity contribution in [1.29, 1.82) is 0 Å². The number of esters is 2. The van der Waals surface area contributed by atoms with Crippen molar-refractivity contribution >= 4 is 19.8 Å². The topological polar surface area (TPSA) is 134 Å². The molecule has 3 N–H and O–H groups in total. The third-order valence-electron chi connectivity index (χ3n) is 13.0. The van der Waals surface area contributed by atoms with Crippen LogP contribution >= 0.6 is 7.82 Å². The minimum Gasteiger partial charge on any atom is -0.462 e. The molecule has 0 aliphatic rings. The molecule has 0 saturated carbocycles. The molecule has 0 amide bonds. The molecule has 0 aliphatic heterocycles. The number of ether oxygens (including phenoxy) is 2. The summed E-state index contributed by atoms with van der Waals surface area (Å²) in [4.78, 5) is 35.0. The first-order valence-electron chi connectivity index (χ1n) is 28.5. The second-order valence-corrected chi connectivity index (χ2v) is 21.0. The Balaban J connectivity index is 3.78. The molecule has 0 aromatic heterocycles. The van der Waals surface area contributed by atoms with Gasteiger partial charge in [0.05, 0.1) is 13.2 Å². The van der Waals surface area contributed by atoms with E-state index >= 15 is 0 Å². The molecular formula is C55H110NO8P.